The molecule has 1 saturated heterocycles. The zero-order valence-electron chi connectivity index (χ0n) is 20.1. The van der Waals surface area contributed by atoms with Crippen LogP contribution in [0.15, 0.2) is 77.7 Å². The quantitative estimate of drug-likeness (QED) is 0.325. The van der Waals surface area contributed by atoms with Crippen LogP contribution in [0, 0.1) is 0 Å². The van der Waals surface area contributed by atoms with Gasteiger partial charge in [0.1, 0.15) is 11.5 Å². The summed E-state index contributed by atoms with van der Waals surface area (Å²) in [4.78, 5) is 29.3. The van der Waals surface area contributed by atoms with E-state index in [2.05, 4.69) is 5.32 Å². The molecule has 9 heteroatoms. The number of rotatable bonds is 8. The molecular formula is C27H25N3O4S2. The Morgan fingerprint density at radius 3 is 2.25 bits per heavy atom. The minimum Gasteiger partial charge on any atom is -0.497 e. The summed E-state index contributed by atoms with van der Waals surface area (Å²) in [5.74, 6) is 0.834. The molecule has 0 aliphatic carbocycles. The Kier molecular flexibility index (Phi) is 7.92. The van der Waals surface area contributed by atoms with E-state index in [0.717, 1.165) is 16.9 Å². The fraction of sp³-hybridized carbons (Fsp3) is 0.148. The van der Waals surface area contributed by atoms with Gasteiger partial charge in [-0.15, -0.1) is 0 Å². The largest absolute Gasteiger partial charge is 0.497 e. The van der Waals surface area contributed by atoms with E-state index < -0.39 is 0 Å². The van der Waals surface area contributed by atoms with Crippen LogP contribution >= 0.6 is 24.0 Å². The molecule has 0 unspecified atom stereocenters. The third-order valence-corrected chi connectivity index (χ3v) is 6.64. The van der Waals surface area contributed by atoms with Crippen molar-refractivity contribution in [1.29, 1.82) is 0 Å². The molecule has 0 saturated carbocycles. The van der Waals surface area contributed by atoms with Gasteiger partial charge in [-0.25, -0.2) is 0 Å². The highest BCUT2D eigenvalue weighted by Gasteiger charge is 2.33. The molecule has 2 amide bonds. The first-order valence-corrected chi connectivity index (χ1v) is 12.3. The lowest BCUT2D eigenvalue weighted by Crippen LogP contribution is -2.27. The van der Waals surface area contributed by atoms with Crippen LogP contribution in [-0.2, 0) is 9.59 Å². The van der Waals surface area contributed by atoms with Gasteiger partial charge in [0.05, 0.1) is 17.7 Å². The summed E-state index contributed by atoms with van der Waals surface area (Å²) in [5, 5.41) is 2.77. The lowest BCUT2D eigenvalue weighted by molar-refractivity contribution is -0.118. The van der Waals surface area contributed by atoms with E-state index in [0.29, 0.717) is 26.4 Å². The van der Waals surface area contributed by atoms with E-state index in [1.165, 1.54) is 11.8 Å². The van der Waals surface area contributed by atoms with Gasteiger partial charge in [0.25, 0.3) is 11.8 Å². The van der Waals surface area contributed by atoms with Gasteiger partial charge in [0.15, 0.2) is 10.9 Å². The fourth-order valence-corrected chi connectivity index (χ4v) is 4.72. The predicted molar refractivity (Wildman–Crippen MR) is 150 cm³/mol. The van der Waals surface area contributed by atoms with Crippen LogP contribution in [-0.4, -0.2) is 43.9 Å². The SMILES string of the molecule is COc1ccc(NC(=O)COc2ccc(/C=C3\SC(=S)N(c4ccc(N(C)C)cc4)C3=O)cc2)cc1. The smallest absolute Gasteiger partial charge is 0.270 e. The van der Waals surface area contributed by atoms with Crippen molar-refractivity contribution in [2.45, 2.75) is 0 Å². The maximum absolute atomic E-state index is 13.0. The van der Waals surface area contributed by atoms with E-state index in [1.807, 2.05) is 55.4 Å². The van der Waals surface area contributed by atoms with Crippen molar-refractivity contribution in [2.24, 2.45) is 0 Å². The number of methoxy groups -OCH3 is 1. The van der Waals surface area contributed by atoms with Gasteiger partial charge in [-0.05, 0) is 72.3 Å². The highest BCUT2D eigenvalue weighted by Crippen LogP contribution is 2.36. The van der Waals surface area contributed by atoms with Crippen LogP contribution in [0.1, 0.15) is 5.56 Å². The minimum absolute atomic E-state index is 0.128. The maximum Gasteiger partial charge on any atom is 0.270 e. The zero-order chi connectivity index (χ0) is 25.7. The molecule has 7 nitrogen and oxygen atoms in total. The van der Waals surface area contributed by atoms with Gasteiger partial charge in [-0.1, -0.05) is 36.1 Å². The molecule has 0 atom stereocenters. The first kappa shape index (κ1) is 25.3. The van der Waals surface area contributed by atoms with Gasteiger partial charge >= 0.3 is 0 Å². The van der Waals surface area contributed by atoms with Crippen LogP contribution in [0.5, 0.6) is 11.5 Å². The molecule has 4 rings (SSSR count). The molecule has 36 heavy (non-hydrogen) atoms. The number of hydrogen-bond donors (Lipinski definition) is 1. The Morgan fingerprint density at radius 2 is 1.64 bits per heavy atom. The molecule has 1 aliphatic rings. The molecule has 0 aromatic heterocycles. The van der Waals surface area contributed by atoms with E-state index in [-0.39, 0.29) is 18.4 Å². The topological polar surface area (TPSA) is 71.1 Å². The van der Waals surface area contributed by atoms with Gasteiger partial charge in [0.2, 0.25) is 0 Å². The van der Waals surface area contributed by atoms with Gasteiger partial charge in [-0.2, -0.15) is 0 Å². The molecule has 0 bridgehead atoms. The monoisotopic (exact) mass is 519 g/mol. The minimum atomic E-state index is -0.272. The number of ether oxygens (including phenoxy) is 2. The van der Waals surface area contributed by atoms with E-state index in [9.17, 15) is 9.59 Å². The van der Waals surface area contributed by atoms with E-state index in [4.69, 9.17) is 21.7 Å². The average Bonchev–Trinajstić information content (AvgIpc) is 3.16. The first-order valence-electron chi connectivity index (χ1n) is 11.1. The second kappa shape index (κ2) is 11.3. The summed E-state index contributed by atoms with van der Waals surface area (Å²) in [6.45, 7) is -0.128. The van der Waals surface area contributed by atoms with E-state index >= 15 is 0 Å². The Balaban J connectivity index is 1.35. The third-order valence-electron chi connectivity index (χ3n) is 5.34. The van der Waals surface area contributed by atoms with Crippen LogP contribution < -0.4 is 24.6 Å². The van der Waals surface area contributed by atoms with Crippen molar-refractivity contribution in [2.75, 3.05) is 42.9 Å². The van der Waals surface area contributed by atoms with Crippen LogP contribution in [0.4, 0.5) is 17.1 Å². The number of nitrogens with one attached hydrogen (secondary N) is 1. The summed E-state index contributed by atoms with van der Waals surface area (Å²) < 4.78 is 11.2. The molecule has 0 spiro atoms. The molecule has 1 N–H and O–H groups in total. The number of amides is 2. The van der Waals surface area contributed by atoms with Crippen molar-refractivity contribution in [3.63, 3.8) is 0 Å². The second-order valence-electron chi connectivity index (χ2n) is 8.06. The lowest BCUT2D eigenvalue weighted by atomic mass is 10.2. The zero-order valence-corrected chi connectivity index (χ0v) is 21.7. The normalized spacial score (nSPS) is 14.2. The molecule has 3 aromatic carbocycles. The summed E-state index contributed by atoms with van der Waals surface area (Å²) >= 11 is 6.74. The van der Waals surface area contributed by atoms with Gasteiger partial charge in [0, 0.05) is 25.5 Å². The highest BCUT2D eigenvalue weighted by molar-refractivity contribution is 8.27. The van der Waals surface area contributed by atoms with Crippen LogP contribution in [0.25, 0.3) is 6.08 Å². The number of thiocarbonyl (C=S) groups is 1. The Labute approximate surface area is 219 Å². The molecule has 1 aliphatic heterocycles. The number of carbonyl (C=O) groups excluding carboxylic acids is 2. The Bertz CT molecular complexity index is 1290. The predicted octanol–water partition coefficient (Wildman–Crippen LogP) is 5.18. The Morgan fingerprint density at radius 1 is 1.00 bits per heavy atom. The van der Waals surface area contributed by atoms with Crippen molar-refractivity contribution in [3.8, 4) is 11.5 Å². The summed E-state index contributed by atoms with van der Waals surface area (Å²) in [7, 11) is 5.51. The number of carbonyl (C=O) groups is 2. The van der Waals surface area contributed by atoms with Crippen molar-refractivity contribution < 1.29 is 19.1 Å². The average molecular weight is 520 g/mol. The van der Waals surface area contributed by atoms with Gasteiger partial charge < -0.3 is 19.7 Å². The van der Waals surface area contributed by atoms with Gasteiger partial charge in [-0.3, -0.25) is 14.5 Å². The Hall–Kier alpha value is -3.82. The number of thioether (sulfide) groups is 1. The molecule has 3 aromatic rings. The second-order valence-corrected chi connectivity index (χ2v) is 9.74. The van der Waals surface area contributed by atoms with Crippen molar-refractivity contribution >= 4 is 63.3 Å². The third kappa shape index (κ3) is 6.05. The van der Waals surface area contributed by atoms with Crippen LogP contribution in [0.2, 0.25) is 0 Å². The summed E-state index contributed by atoms with van der Waals surface area (Å²) in [6, 6.07) is 21.9. The first-order chi connectivity index (χ1) is 17.3. The van der Waals surface area contributed by atoms with Crippen molar-refractivity contribution in [1.82, 2.24) is 0 Å². The molecule has 184 valence electrons. The highest BCUT2D eigenvalue weighted by atomic mass is 32.2. The summed E-state index contributed by atoms with van der Waals surface area (Å²) in [6.07, 6.45) is 1.80. The molecular weight excluding hydrogens is 494 g/mol. The van der Waals surface area contributed by atoms with E-state index in [1.54, 1.807) is 54.5 Å². The lowest BCUT2D eigenvalue weighted by Gasteiger charge is -2.17. The maximum atomic E-state index is 13.0. The van der Waals surface area contributed by atoms with Crippen LogP contribution in [0.3, 0.4) is 0 Å². The standard InChI is InChI=1S/C27H25N3O4S2/c1-29(2)20-8-10-21(11-9-20)30-26(32)24(36-27(30)35)16-18-4-12-23(13-5-18)34-17-25(31)28-19-6-14-22(33-3)15-7-19/h4-16H,17H2,1-3H3,(H,28,31)/b24-16-. The molecule has 1 heterocycles. The number of hydrogen-bond acceptors (Lipinski definition) is 7. The fourth-order valence-electron chi connectivity index (χ4n) is 3.42. The summed E-state index contributed by atoms with van der Waals surface area (Å²) in [5.41, 5.74) is 3.27. The number of nitrogens with zero attached hydrogens (tertiary/aromatic N) is 2. The molecule has 1 fully saturated rings. The number of anilines is 3. The molecule has 0 radical (unpaired) electrons. The number of benzene rings is 3. The van der Waals surface area contributed by atoms with Crippen molar-refractivity contribution in [3.05, 3.63) is 83.3 Å².